The quantitative estimate of drug-likeness (QED) is 0.927. The molecule has 1 aromatic heterocycles. The van der Waals surface area contributed by atoms with Crippen LogP contribution in [0.5, 0.6) is 0 Å². The van der Waals surface area contributed by atoms with Gasteiger partial charge in [0.1, 0.15) is 5.69 Å². The molecule has 1 aliphatic rings. The maximum absolute atomic E-state index is 13.2. The lowest BCUT2D eigenvalue weighted by Gasteiger charge is -2.28. The van der Waals surface area contributed by atoms with Crippen molar-refractivity contribution in [3.8, 4) is 0 Å². The molecule has 0 spiro atoms. The number of carbonyl (C=O) groups excluding carboxylic acids is 1. The van der Waals surface area contributed by atoms with E-state index in [1.165, 1.54) is 0 Å². The third-order valence-corrected chi connectivity index (χ3v) is 4.26. The summed E-state index contributed by atoms with van der Waals surface area (Å²) in [6.45, 7) is 5.71. The number of carbonyl (C=O) groups is 1. The van der Waals surface area contributed by atoms with E-state index in [0.717, 1.165) is 11.3 Å². The Morgan fingerprint density at radius 2 is 2.00 bits per heavy atom. The lowest BCUT2D eigenvalue weighted by atomic mass is 9.82. The molecular formula is C15H23F2N3O. The van der Waals surface area contributed by atoms with Gasteiger partial charge in [-0.25, -0.2) is 8.78 Å². The highest BCUT2D eigenvalue weighted by Crippen LogP contribution is 2.38. The van der Waals surface area contributed by atoms with E-state index in [4.69, 9.17) is 5.73 Å². The topological polar surface area (TPSA) is 60.9 Å². The summed E-state index contributed by atoms with van der Waals surface area (Å²) in [5.74, 6) is -2.85. The van der Waals surface area contributed by atoms with Gasteiger partial charge in [-0.2, -0.15) is 5.10 Å². The Morgan fingerprint density at radius 3 is 2.48 bits per heavy atom. The smallest absolute Gasteiger partial charge is 0.267 e. The number of rotatable bonds is 4. The van der Waals surface area contributed by atoms with Gasteiger partial charge in [-0.05, 0) is 46.0 Å². The second-order valence-electron chi connectivity index (χ2n) is 6.32. The van der Waals surface area contributed by atoms with E-state index < -0.39 is 11.8 Å². The molecule has 118 valence electrons. The minimum Gasteiger partial charge on any atom is -0.364 e. The molecule has 1 aliphatic carbocycles. The number of hydrogen-bond acceptors (Lipinski definition) is 2. The number of nitrogens with zero attached hydrogens (tertiary/aromatic N) is 2. The molecular weight excluding hydrogens is 276 g/mol. The molecule has 1 amide bonds. The number of primary amides is 1. The van der Waals surface area contributed by atoms with Crippen LogP contribution in [0.1, 0.15) is 67.3 Å². The van der Waals surface area contributed by atoms with Gasteiger partial charge in [0.05, 0.1) is 5.69 Å². The fourth-order valence-electron chi connectivity index (χ4n) is 3.05. The van der Waals surface area contributed by atoms with Crippen LogP contribution in [0.4, 0.5) is 8.78 Å². The Labute approximate surface area is 123 Å². The van der Waals surface area contributed by atoms with Crippen molar-refractivity contribution in [1.29, 1.82) is 0 Å². The predicted molar refractivity (Wildman–Crippen MR) is 76.5 cm³/mol. The third kappa shape index (κ3) is 3.41. The molecule has 1 heterocycles. The van der Waals surface area contributed by atoms with Gasteiger partial charge in [-0.15, -0.1) is 0 Å². The van der Waals surface area contributed by atoms with E-state index in [0.29, 0.717) is 25.0 Å². The molecule has 1 fully saturated rings. The molecule has 1 aromatic rings. The van der Waals surface area contributed by atoms with Crippen LogP contribution in [0, 0.1) is 12.8 Å². The zero-order valence-electron chi connectivity index (χ0n) is 12.8. The van der Waals surface area contributed by atoms with Gasteiger partial charge in [0, 0.05) is 24.4 Å². The van der Waals surface area contributed by atoms with Crippen LogP contribution in [0.25, 0.3) is 0 Å². The largest absolute Gasteiger partial charge is 0.364 e. The summed E-state index contributed by atoms with van der Waals surface area (Å²) in [4.78, 5) is 11.7. The first-order valence-corrected chi connectivity index (χ1v) is 7.47. The molecule has 1 saturated carbocycles. The molecule has 4 nitrogen and oxygen atoms in total. The molecule has 0 aliphatic heterocycles. The van der Waals surface area contributed by atoms with Gasteiger partial charge in [0.25, 0.3) is 5.91 Å². The fourth-order valence-corrected chi connectivity index (χ4v) is 3.05. The van der Waals surface area contributed by atoms with Crippen LogP contribution in [0.2, 0.25) is 0 Å². The van der Waals surface area contributed by atoms with Gasteiger partial charge in [-0.1, -0.05) is 0 Å². The normalized spacial score (nSPS) is 19.1. The molecule has 0 radical (unpaired) electrons. The van der Waals surface area contributed by atoms with Crippen LogP contribution in [-0.2, 0) is 6.42 Å². The van der Waals surface area contributed by atoms with Gasteiger partial charge >= 0.3 is 0 Å². The molecule has 0 saturated heterocycles. The fraction of sp³-hybridized carbons (Fsp3) is 0.733. The molecule has 0 atom stereocenters. The van der Waals surface area contributed by atoms with Gasteiger partial charge < -0.3 is 5.73 Å². The minimum absolute atomic E-state index is 0.0376. The monoisotopic (exact) mass is 299 g/mol. The van der Waals surface area contributed by atoms with Crippen molar-refractivity contribution in [2.75, 3.05) is 0 Å². The van der Waals surface area contributed by atoms with E-state index in [1.54, 1.807) is 4.68 Å². The van der Waals surface area contributed by atoms with Gasteiger partial charge in [-0.3, -0.25) is 9.48 Å². The maximum atomic E-state index is 13.2. The Kier molecular flexibility index (Phi) is 4.35. The van der Waals surface area contributed by atoms with Gasteiger partial charge in [0.2, 0.25) is 5.92 Å². The first kappa shape index (κ1) is 15.9. The van der Waals surface area contributed by atoms with Crippen molar-refractivity contribution in [3.05, 3.63) is 17.0 Å². The standard InChI is InChI=1S/C15H23F2N3O/c1-9(2)20-13(14(18)21)12(10(3)19-20)8-11-4-6-15(16,17)7-5-11/h9,11H,4-8H2,1-3H3,(H2,18,21). The van der Waals surface area contributed by atoms with Crippen molar-refractivity contribution in [2.45, 2.75) is 64.8 Å². The number of aromatic nitrogens is 2. The minimum atomic E-state index is -2.53. The van der Waals surface area contributed by atoms with E-state index >= 15 is 0 Å². The van der Waals surface area contributed by atoms with E-state index in [1.807, 2.05) is 20.8 Å². The first-order valence-electron chi connectivity index (χ1n) is 7.47. The molecule has 21 heavy (non-hydrogen) atoms. The molecule has 0 unspecified atom stereocenters. The maximum Gasteiger partial charge on any atom is 0.267 e. The molecule has 6 heteroatoms. The van der Waals surface area contributed by atoms with Crippen LogP contribution < -0.4 is 5.73 Å². The summed E-state index contributed by atoms with van der Waals surface area (Å²) < 4.78 is 28.1. The highest BCUT2D eigenvalue weighted by molar-refractivity contribution is 5.93. The average molecular weight is 299 g/mol. The molecule has 0 bridgehead atoms. The predicted octanol–water partition coefficient (Wildman–Crippen LogP) is 3.24. The van der Waals surface area contributed by atoms with Crippen LogP contribution in [0.3, 0.4) is 0 Å². The highest BCUT2D eigenvalue weighted by atomic mass is 19.3. The number of halogens is 2. The summed E-state index contributed by atoms with van der Waals surface area (Å²) in [5, 5.41) is 4.39. The number of nitrogens with two attached hydrogens (primary N) is 1. The summed E-state index contributed by atoms with van der Waals surface area (Å²) >= 11 is 0. The van der Waals surface area contributed by atoms with Crippen molar-refractivity contribution in [3.63, 3.8) is 0 Å². The first-order chi connectivity index (χ1) is 9.71. The summed E-state index contributed by atoms with van der Waals surface area (Å²) in [6.07, 6.45) is 1.43. The number of hydrogen-bond donors (Lipinski definition) is 1. The SMILES string of the molecule is Cc1nn(C(C)C)c(C(N)=O)c1CC1CCC(F)(F)CC1. The zero-order chi connectivity index (χ0) is 15.8. The average Bonchev–Trinajstić information content (AvgIpc) is 2.70. The zero-order valence-corrected chi connectivity index (χ0v) is 12.8. The second-order valence-corrected chi connectivity index (χ2v) is 6.32. The van der Waals surface area contributed by atoms with Gasteiger partial charge in [0.15, 0.2) is 0 Å². The van der Waals surface area contributed by atoms with E-state index in [-0.39, 0.29) is 24.8 Å². The summed E-state index contributed by atoms with van der Waals surface area (Å²) in [5.41, 5.74) is 7.52. The van der Waals surface area contributed by atoms with Crippen LogP contribution in [-0.4, -0.2) is 21.6 Å². The number of amides is 1. The molecule has 0 aromatic carbocycles. The Hall–Kier alpha value is -1.46. The Bertz CT molecular complexity index is 527. The Morgan fingerprint density at radius 1 is 1.43 bits per heavy atom. The summed E-state index contributed by atoms with van der Waals surface area (Å²) in [7, 11) is 0. The third-order valence-electron chi connectivity index (χ3n) is 4.26. The van der Waals surface area contributed by atoms with Crippen LogP contribution in [0.15, 0.2) is 0 Å². The van der Waals surface area contributed by atoms with Crippen molar-refractivity contribution in [2.24, 2.45) is 11.7 Å². The lowest BCUT2D eigenvalue weighted by Crippen LogP contribution is -2.26. The molecule has 2 N–H and O–H groups in total. The van der Waals surface area contributed by atoms with E-state index in [2.05, 4.69) is 5.10 Å². The summed E-state index contributed by atoms with van der Waals surface area (Å²) in [6, 6.07) is 0.0376. The number of aryl methyl sites for hydroxylation is 1. The van der Waals surface area contributed by atoms with Crippen molar-refractivity contribution < 1.29 is 13.6 Å². The Balaban J connectivity index is 2.22. The van der Waals surface area contributed by atoms with Crippen molar-refractivity contribution in [1.82, 2.24) is 9.78 Å². The second kappa shape index (κ2) is 5.73. The highest BCUT2D eigenvalue weighted by Gasteiger charge is 2.35. The number of alkyl halides is 2. The van der Waals surface area contributed by atoms with E-state index in [9.17, 15) is 13.6 Å². The lowest BCUT2D eigenvalue weighted by molar-refractivity contribution is -0.0456. The molecule has 2 rings (SSSR count). The van der Waals surface area contributed by atoms with Crippen LogP contribution >= 0.6 is 0 Å². The van der Waals surface area contributed by atoms with Crippen molar-refractivity contribution >= 4 is 5.91 Å².